The number of ether oxygens (including phenoxy) is 2. The molecule has 124 valence electrons. The number of pyridine rings is 1. The van der Waals surface area contributed by atoms with E-state index in [1.165, 1.54) is 18.3 Å². The van der Waals surface area contributed by atoms with Crippen LogP contribution >= 0.6 is 0 Å². The number of rotatable bonds is 5. The molecule has 0 aliphatic carbocycles. The van der Waals surface area contributed by atoms with Gasteiger partial charge in [0, 0.05) is 12.7 Å². The van der Waals surface area contributed by atoms with E-state index in [4.69, 9.17) is 14.6 Å². The highest BCUT2D eigenvalue weighted by molar-refractivity contribution is 5.94. The van der Waals surface area contributed by atoms with Crippen molar-refractivity contribution in [3.8, 4) is 11.5 Å². The number of aromatic carboxylic acids is 1. The van der Waals surface area contributed by atoms with E-state index in [1.54, 1.807) is 0 Å². The summed E-state index contributed by atoms with van der Waals surface area (Å²) in [6.45, 7) is 1.53. The Hall–Kier alpha value is -3.09. The summed E-state index contributed by atoms with van der Waals surface area (Å²) >= 11 is 0. The van der Waals surface area contributed by atoms with E-state index in [0.717, 1.165) is 17.1 Å². The third-order valence-corrected chi connectivity index (χ3v) is 3.55. The SMILES string of the molecule is O=C(NCCc1ccc2c(c1)OCCO2)c1ccc(C(=O)O)nc1. The smallest absolute Gasteiger partial charge is 0.354 e. The summed E-state index contributed by atoms with van der Waals surface area (Å²) in [4.78, 5) is 26.5. The number of carboxylic acids is 1. The van der Waals surface area contributed by atoms with Crippen LogP contribution in [0, 0.1) is 0 Å². The lowest BCUT2D eigenvalue weighted by atomic mass is 10.1. The number of aromatic nitrogens is 1. The topological polar surface area (TPSA) is 97.8 Å². The van der Waals surface area contributed by atoms with Crippen LogP contribution in [0.1, 0.15) is 26.4 Å². The van der Waals surface area contributed by atoms with Gasteiger partial charge in [-0.25, -0.2) is 9.78 Å². The second kappa shape index (κ2) is 6.99. The van der Waals surface area contributed by atoms with Crippen LogP contribution < -0.4 is 14.8 Å². The van der Waals surface area contributed by atoms with Crippen molar-refractivity contribution in [2.24, 2.45) is 0 Å². The largest absolute Gasteiger partial charge is 0.486 e. The van der Waals surface area contributed by atoms with Gasteiger partial charge in [-0.15, -0.1) is 0 Å². The number of hydrogen-bond acceptors (Lipinski definition) is 5. The van der Waals surface area contributed by atoms with Crippen LogP contribution in [0.3, 0.4) is 0 Å². The molecule has 0 saturated carbocycles. The third kappa shape index (κ3) is 3.62. The summed E-state index contributed by atoms with van der Waals surface area (Å²) in [5, 5.41) is 11.6. The van der Waals surface area contributed by atoms with E-state index < -0.39 is 5.97 Å². The molecule has 0 saturated heterocycles. The minimum Gasteiger partial charge on any atom is -0.486 e. The molecule has 1 aromatic heterocycles. The van der Waals surface area contributed by atoms with Crippen molar-refractivity contribution in [3.63, 3.8) is 0 Å². The predicted octanol–water partition coefficient (Wildman–Crippen LogP) is 1.52. The number of carboxylic acid groups (broad SMARTS) is 1. The molecule has 2 N–H and O–H groups in total. The normalized spacial score (nSPS) is 12.5. The Bertz CT molecular complexity index is 758. The molecule has 0 fully saturated rings. The van der Waals surface area contributed by atoms with Crippen LogP contribution in [0.25, 0.3) is 0 Å². The second-order valence-electron chi connectivity index (χ2n) is 5.22. The first-order chi connectivity index (χ1) is 11.6. The maximum atomic E-state index is 12.0. The van der Waals surface area contributed by atoms with Gasteiger partial charge in [0.15, 0.2) is 11.5 Å². The minimum absolute atomic E-state index is 0.0946. The summed E-state index contributed by atoms with van der Waals surface area (Å²) in [5.41, 5.74) is 1.25. The molecule has 1 aliphatic heterocycles. The quantitative estimate of drug-likeness (QED) is 0.864. The summed E-state index contributed by atoms with van der Waals surface area (Å²) in [7, 11) is 0. The number of amides is 1. The monoisotopic (exact) mass is 328 g/mol. The first-order valence-corrected chi connectivity index (χ1v) is 7.49. The Labute approximate surface area is 138 Å². The minimum atomic E-state index is -1.12. The number of hydrogen-bond donors (Lipinski definition) is 2. The molecule has 1 aromatic carbocycles. The predicted molar refractivity (Wildman–Crippen MR) is 84.7 cm³/mol. The molecular formula is C17H16N2O5. The van der Waals surface area contributed by atoms with Gasteiger partial charge in [-0.2, -0.15) is 0 Å². The number of nitrogens with one attached hydrogen (secondary N) is 1. The maximum Gasteiger partial charge on any atom is 0.354 e. The molecule has 0 unspecified atom stereocenters. The van der Waals surface area contributed by atoms with Crippen molar-refractivity contribution in [2.75, 3.05) is 19.8 Å². The van der Waals surface area contributed by atoms with Crippen molar-refractivity contribution in [1.82, 2.24) is 10.3 Å². The highest BCUT2D eigenvalue weighted by Gasteiger charge is 2.12. The summed E-state index contributed by atoms with van der Waals surface area (Å²) in [6.07, 6.45) is 1.89. The molecule has 0 atom stereocenters. The molecule has 2 heterocycles. The van der Waals surface area contributed by atoms with E-state index in [0.29, 0.717) is 31.7 Å². The number of carbonyl (C=O) groups is 2. The van der Waals surface area contributed by atoms with Gasteiger partial charge in [-0.05, 0) is 36.2 Å². The van der Waals surface area contributed by atoms with E-state index in [9.17, 15) is 9.59 Å². The molecule has 3 rings (SSSR count). The fourth-order valence-corrected chi connectivity index (χ4v) is 2.32. The molecule has 1 aliphatic rings. The average molecular weight is 328 g/mol. The highest BCUT2D eigenvalue weighted by atomic mass is 16.6. The van der Waals surface area contributed by atoms with Gasteiger partial charge >= 0.3 is 5.97 Å². The van der Waals surface area contributed by atoms with Crippen molar-refractivity contribution in [2.45, 2.75) is 6.42 Å². The molecule has 0 spiro atoms. The fourth-order valence-electron chi connectivity index (χ4n) is 2.32. The Morgan fingerprint density at radius 3 is 2.62 bits per heavy atom. The van der Waals surface area contributed by atoms with Crippen LogP contribution in [-0.2, 0) is 6.42 Å². The lowest BCUT2D eigenvalue weighted by molar-refractivity contribution is 0.0689. The van der Waals surface area contributed by atoms with E-state index >= 15 is 0 Å². The van der Waals surface area contributed by atoms with Crippen LogP contribution in [0.15, 0.2) is 36.5 Å². The fraction of sp³-hybridized carbons (Fsp3) is 0.235. The molecule has 24 heavy (non-hydrogen) atoms. The highest BCUT2D eigenvalue weighted by Crippen LogP contribution is 2.30. The zero-order chi connectivity index (χ0) is 16.9. The Kier molecular flexibility index (Phi) is 4.60. The standard InChI is InChI=1S/C17H16N2O5/c20-16(12-2-3-13(17(21)22)19-10-12)18-6-5-11-1-4-14-15(9-11)24-8-7-23-14/h1-4,9-10H,5-8H2,(H,18,20)(H,21,22). The van der Waals surface area contributed by atoms with Crippen molar-refractivity contribution in [3.05, 3.63) is 53.3 Å². The first-order valence-electron chi connectivity index (χ1n) is 7.49. The van der Waals surface area contributed by atoms with Gasteiger partial charge in [0.25, 0.3) is 5.91 Å². The second-order valence-corrected chi connectivity index (χ2v) is 5.22. The molecular weight excluding hydrogens is 312 g/mol. The maximum absolute atomic E-state index is 12.0. The zero-order valence-electron chi connectivity index (χ0n) is 12.8. The first kappa shape index (κ1) is 15.8. The average Bonchev–Trinajstić information content (AvgIpc) is 2.61. The van der Waals surface area contributed by atoms with E-state index in [2.05, 4.69) is 10.3 Å². The van der Waals surface area contributed by atoms with Crippen LogP contribution in [-0.4, -0.2) is 41.7 Å². The Balaban J connectivity index is 1.54. The van der Waals surface area contributed by atoms with Gasteiger partial charge in [0.2, 0.25) is 0 Å². The lowest BCUT2D eigenvalue weighted by Gasteiger charge is -2.18. The molecule has 2 aromatic rings. The molecule has 0 bridgehead atoms. The summed E-state index contributed by atoms with van der Waals surface area (Å²) in [5.74, 6) is 0.0368. The number of carbonyl (C=O) groups excluding carboxylic acids is 1. The molecule has 1 amide bonds. The van der Waals surface area contributed by atoms with Gasteiger partial charge < -0.3 is 19.9 Å². The van der Waals surface area contributed by atoms with Gasteiger partial charge in [0.1, 0.15) is 18.9 Å². The Morgan fingerprint density at radius 1 is 1.12 bits per heavy atom. The summed E-state index contributed by atoms with van der Waals surface area (Å²) < 4.78 is 11.0. The third-order valence-electron chi connectivity index (χ3n) is 3.55. The van der Waals surface area contributed by atoms with Crippen LogP contribution in [0.2, 0.25) is 0 Å². The van der Waals surface area contributed by atoms with Crippen molar-refractivity contribution in [1.29, 1.82) is 0 Å². The molecule has 7 heteroatoms. The zero-order valence-corrected chi connectivity index (χ0v) is 12.8. The van der Waals surface area contributed by atoms with Gasteiger partial charge in [0.05, 0.1) is 5.56 Å². The van der Waals surface area contributed by atoms with Gasteiger partial charge in [-0.3, -0.25) is 4.79 Å². The number of nitrogens with zero attached hydrogens (tertiary/aromatic N) is 1. The summed E-state index contributed by atoms with van der Waals surface area (Å²) in [6, 6.07) is 8.45. The molecule has 0 radical (unpaired) electrons. The van der Waals surface area contributed by atoms with Crippen LogP contribution in [0.5, 0.6) is 11.5 Å². The van der Waals surface area contributed by atoms with Crippen molar-refractivity contribution < 1.29 is 24.2 Å². The number of fused-ring (bicyclic) bond motifs is 1. The van der Waals surface area contributed by atoms with Gasteiger partial charge in [-0.1, -0.05) is 6.07 Å². The number of benzene rings is 1. The van der Waals surface area contributed by atoms with Crippen LogP contribution in [0.4, 0.5) is 0 Å². The van der Waals surface area contributed by atoms with E-state index in [1.807, 2.05) is 18.2 Å². The Morgan fingerprint density at radius 2 is 1.92 bits per heavy atom. The molecule has 7 nitrogen and oxygen atoms in total. The van der Waals surface area contributed by atoms with Crippen molar-refractivity contribution >= 4 is 11.9 Å². The van der Waals surface area contributed by atoms with E-state index in [-0.39, 0.29) is 11.6 Å². The lowest BCUT2D eigenvalue weighted by Crippen LogP contribution is -2.26.